The van der Waals surface area contributed by atoms with Crippen LogP contribution in [0.3, 0.4) is 0 Å². The van der Waals surface area contributed by atoms with E-state index in [-0.39, 0.29) is 11.7 Å². The van der Waals surface area contributed by atoms with Crippen molar-refractivity contribution in [3.05, 3.63) is 33.5 Å². The van der Waals surface area contributed by atoms with E-state index in [4.69, 9.17) is 0 Å². The third-order valence-corrected chi connectivity index (χ3v) is 5.00. The lowest BCUT2D eigenvalue weighted by Crippen LogP contribution is -2.19. The Bertz CT molecular complexity index is 547. The number of nitrogens with zero attached hydrogens (tertiary/aromatic N) is 1. The average Bonchev–Trinajstić information content (AvgIpc) is 3.12. The summed E-state index contributed by atoms with van der Waals surface area (Å²) in [6, 6.07) is 3.14. The fraction of sp³-hybridized carbons (Fsp3) is 0.500. The Hall–Kier alpha value is -0.550. The molecule has 1 fully saturated rings. The second-order valence-corrected chi connectivity index (χ2v) is 8.52. The molecule has 5 heteroatoms. The molecule has 19 heavy (non-hydrogen) atoms. The molecule has 104 valence electrons. The van der Waals surface area contributed by atoms with Crippen molar-refractivity contribution in [1.29, 1.82) is 0 Å². The number of halogens is 2. The van der Waals surface area contributed by atoms with Gasteiger partial charge in [-0.3, -0.25) is 0 Å². The Kier molecular flexibility index (Phi) is 4.26. The summed E-state index contributed by atoms with van der Waals surface area (Å²) in [5.41, 5.74) is 1.42. The number of rotatable bonds is 3. The first-order chi connectivity index (χ1) is 8.80. The molecule has 1 atom stereocenters. The predicted octanol–water partition coefficient (Wildman–Crippen LogP) is 4.35. The fourth-order valence-corrected chi connectivity index (χ4v) is 2.73. The first kappa shape index (κ1) is 14.9. The van der Waals surface area contributed by atoms with Crippen LogP contribution >= 0.6 is 15.9 Å². The minimum absolute atomic E-state index is 0.200. The molecule has 1 aromatic carbocycles. The minimum Gasteiger partial charge on any atom is -0.234 e. The molecule has 0 saturated heterocycles. The van der Waals surface area contributed by atoms with Gasteiger partial charge in [0.25, 0.3) is 0 Å². The fourth-order valence-electron chi connectivity index (χ4n) is 1.76. The van der Waals surface area contributed by atoms with E-state index in [1.165, 1.54) is 6.07 Å². The molecule has 2 rings (SSSR count). The van der Waals surface area contributed by atoms with Gasteiger partial charge in [0.15, 0.2) is 0 Å². The van der Waals surface area contributed by atoms with Gasteiger partial charge in [0.2, 0.25) is 0 Å². The van der Waals surface area contributed by atoms with Gasteiger partial charge in [-0.05, 0) is 51.7 Å². The van der Waals surface area contributed by atoms with E-state index in [0.717, 1.165) is 22.9 Å². The smallest absolute Gasteiger partial charge is 0.144 e. The van der Waals surface area contributed by atoms with E-state index < -0.39 is 15.7 Å². The summed E-state index contributed by atoms with van der Waals surface area (Å²) in [6.07, 6.45) is 3.56. The molecule has 0 heterocycles. The number of benzene rings is 1. The molecule has 0 radical (unpaired) electrons. The molecule has 0 aliphatic heterocycles. The molecule has 0 N–H and O–H groups in total. The van der Waals surface area contributed by atoms with Crippen LogP contribution in [0.4, 0.5) is 4.39 Å². The van der Waals surface area contributed by atoms with Gasteiger partial charge in [-0.1, -0.05) is 15.9 Å². The summed E-state index contributed by atoms with van der Waals surface area (Å²) < 4.78 is 30.3. The highest BCUT2D eigenvalue weighted by atomic mass is 79.9. The van der Waals surface area contributed by atoms with Gasteiger partial charge >= 0.3 is 0 Å². The lowest BCUT2D eigenvalue weighted by molar-refractivity contribution is 0.610. The molecule has 0 amide bonds. The SMILES string of the molecule is CC(C)(C)[S@](=O)/N=C/c1c(Br)ccc(F)c1C1CC1. The van der Waals surface area contributed by atoms with Crippen LogP contribution in [0, 0.1) is 5.82 Å². The van der Waals surface area contributed by atoms with Gasteiger partial charge in [0.05, 0.1) is 4.75 Å². The van der Waals surface area contributed by atoms with E-state index >= 15 is 0 Å². The lowest BCUT2D eigenvalue weighted by Gasteiger charge is -2.13. The van der Waals surface area contributed by atoms with E-state index in [9.17, 15) is 8.60 Å². The average molecular weight is 346 g/mol. The summed E-state index contributed by atoms with van der Waals surface area (Å²) in [6.45, 7) is 5.59. The second-order valence-electron chi connectivity index (χ2n) is 5.73. The highest BCUT2D eigenvalue weighted by Gasteiger charge is 2.29. The van der Waals surface area contributed by atoms with Gasteiger partial charge < -0.3 is 0 Å². The maximum atomic E-state index is 13.9. The minimum atomic E-state index is -1.33. The molecule has 1 aromatic rings. The molecule has 0 spiro atoms. The predicted molar refractivity (Wildman–Crippen MR) is 81.6 cm³/mol. The van der Waals surface area contributed by atoms with Gasteiger partial charge in [-0.15, -0.1) is 0 Å². The van der Waals surface area contributed by atoms with E-state index in [0.29, 0.717) is 5.56 Å². The van der Waals surface area contributed by atoms with Crippen molar-refractivity contribution in [3.63, 3.8) is 0 Å². The van der Waals surface area contributed by atoms with Gasteiger partial charge in [-0.2, -0.15) is 4.40 Å². The van der Waals surface area contributed by atoms with Crippen LogP contribution in [0.25, 0.3) is 0 Å². The van der Waals surface area contributed by atoms with Crippen molar-refractivity contribution in [3.8, 4) is 0 Å². The molecule has 0 bridgehead atoms. The normalized spacial score (nSPS) is 17.9. The molecular formula is C14H17BrFNOS. The first-order valence-electron chi connectivity index (χ1n) is 6.24. The van der Waals surface area contributed by atoms with Crippen LogP contribution in [-0.4, -0.2) is 15.2 Å². The Morgan fingerprint density at radius 2 is 2.05 bits per heavy atom. The van der Waals surface area contributed by atoms with E-state index in [1.807, 2.05) is 20.8 Å². The van der Waals surface area contributed by atoms with Gasteiger partial charge in [0, 0.05) is 21.8 Å². The molecular weight excluding hydrogens is 329 g/mol. The molecule has 1 aliphatic rings. The van der Waals surface area contributed by atoms with Gasteiger partial charge in [-0.25, -0.2) is 8.60 Å². The summed E-state index contributed by atoms with van der Waals surface area (Å²) in [5.74, 6) is 0.0794. The summed E-state index contributed by atoms with van der Waals surface area (Å²) in [5, 5.41) is 0. The van der Waals surface area contributed by atoms with Crippen molar-refractivity contribution >= 4 is 33.1 Å². The summed E-state index contributed by atoms with van der Waals surface area (Å²) in [7, 11) is -1.33. The maximum Gasteiger partial charge on any atom is 0.144 e. The molecule has 0 aromatic heterocycles. The molecule has 1 aliphatic carbocycles. The van der Waals surface area contributed by atoms with Crippen LogP contribution in [-0.2, 0) is 11.0 Å². The van der Waals surface area contributed by atoms with Crippen LogP contribution < -0.4 is 0 Å². The molecule has 0 unspecified atom stereocenters. The molecule has 1 saturated carbocycles. The van der Waals surface area contributed by atoms with Crippen molar-refractivity contribution in [2.45, 2.75) is 44.3 Å². The van der Waals surface area contributed by atoms with E-state index in [2.05, 4.69) is 20.3 Å². The van der Waals surface area contributed by atoms with Crippen LogP contribution in [0.15, 0.2) is 21.0 Å². The highest BCUT2D eigenvalue weighted by molar-refractivity contribution is 9.10. The zero-order valence-electron chi connectivity index (χ0n) is 11.2. The zero-order valence-corrected chi connectivity index (χ0v) is 13.6. The summed E-state index contributed by atoms with van der Waals surface area (Å²) in [4.78, 5) is 0. The Morgan fingerprint density at radius 1 is 1.42 bits per heavy atom. The largest absolute Gasteiger partial charge is 0.234 e. The van der Waals surface area contributed by atoms with Gasteiger partial charge in [0.1, 0.15) is 16.8 Å². The lowest BCUT2D eigenvalue weighted by atomic mass is 10.0. The quantitative estimate of drug-likeness (QED) is 0.749. The van der Waals surface area contributed by atoms with Crippen LogP contribution in [0.2, 0.25) is 0 Å². The first-order valence-corrected chi connectivity index (χ1v) is 8.14. The second kappa shape index (κ2) is 5.44. The number of hydrogen-bond acceptors (Lipinski definition) is 1. The van der Waals surface area contributed by atoms with Crippen molar-refractivity contribution in [1.82, 2.24) is 0 Å². The maximum absolute atomic E-state index is 13.9. The number of hydrogen-bond donors (Lipinski definition) is 0. The highest BCUT2D eigenvalue weighted by Crippen LogP contribution is 2.44. The molecule has 2 nitrogen and oxygen atoms in total. The Labute approximate surface area is 124 Å². The zero-order chi connectivity index (χ0) is 14.2. The third kappa shape index (κ3) is 3.51. The monoisotopic (exact) mass is 345 g/mol. The Balaban J connectivity index is 2.37. The third-order valence-electron chi connectivity index (χ3n) is 2.97. The van der Waals surface area contributed by atoms with E-state index in [1.54, 1.807) is 12.3 Å². The van der Waals surface area contributed by atoms with Crippen molar-refractivity contribution < 1.29 is 8.60 Å². The van der Waals surface area contributed by atoms with Crippen LogP contribution in [0.5, 0.6) is 0 Å². The summed E-state index contributed by atoms with van der Waals surface area (Å²) >= 11 is 3.42. The Morgan fingerprint density at radius 3 is 2.58 bits per heavy atom. The standard InChI is InChI=1S/C14H17BrFNOS/c1-14(2,3)19(18)17-8-10-11(15)6-7-12(16)13(10)9-4-5-9/h6-9H,4-5H2,1-3H3/b17-8+/t19-/m0/s1. The van der Waals surface area contributed by atoms with Crippen molar-refractivity contribution in [2.24, 2.45) is 4.40 Å². The topological polar surface area (TPSA) is 29.4 Å². The van der Waals surface area contributed by atoms with Crippen LogP contribution in [0.1, 0.15) is 50.7 Å². The van der Waals surface area contributed by atoms with Crippen molar-refractivity contribution in [2.75, 3.05) is 0 Å².